The van der Waals surface area contributed by atoms with Crippen LogP contribution in [0.15, 0.2) is 66.1 Å². The van der Waals surface area contributed by atoms with Crippen LogP contribution in [-0.2, 0) is 4.74 Å². The molecule has 0 aliphatic carbocycles. The maximum absolute atomic E-state index is 13.1. The average Bonchev–Trinajstić information content (AvgIpc) is 3.54. The van der Waals surface area contributed by atoms with Crippen molar-refractivity contribution in [3.63, 3.8) is 0 Å². The second-order valence-electron chi connectivity index (χ2n) is 11.3. The molecular weight excluding hydrogens is 538 g/mol. The molecule has 2 aromatic heterocycles. The molecule has 1 fully saturated rings. The molecule has 4 aromatic rings. The maximum atomic E-state index is 13.1. The van der Waals surface area contributed by atoms with Crippen LogP contribution in [0.4, 0.5) is 10.5 Å². The number of amides is 2. The Bertz CT molecular complexity index is 1590. The molecular formula is C30H33N7O3S. The molecule has 0 radical (unpaired) electrons. The number of imidazole rings is 1. The SMILES string of the molecule is CC(C)(C)OC(=O)N1CCN(CC2CSc3nc(-c4ccccc4NC(=O)c4cnc5ccccc5n4)cn32)CC1. The fourth-order valence-corrected chi connectivity index (χ4v) is 6.19. The Balaban J connectivity index is 1.12. The minimum atomic E-state index is -0.489. The zero-order chi connectivity index (χ0) is 28.6. The van der Waals surface area contributed by atoms with E-state index >= 15 is 0 Å². The number of thioether (sulfide) groups is 1. The molecule has 2 amide bonds. The summed E-state index contributed by atoms with van der Waals surface area (Å²) in [6.45, 7) is 9.49. The van der Waals surface area contributed by atoms with Crippen molar-refractivity contribution in [2.45, 2.75) is 37.6 Å². The number of benzene rings is 2. The van der Waals surface area contributed by atoms with Crippen LogP contribution >= 0.6 is 11.8 Å². The highest BCUT2D eigenvalue weighted by molar-refractivity contribution is 7.99. The Hall–Kier alpha value is -3.96. The van der Waals surface area contributed by atoms with Crippen molar-refractivity contribution in [1.82, 2.24) is 29.3 Å². The molecule has 1 atom stereocenters. The van der Waals surface area contributed by atoms with Crippen LogP contribution in [0, 0.1) is 0 Å². The lowest BCUT2D eigenvalue weighted by molar-refractivity contribution is 0.0137. The third-order valence-corrected chi connectivity index (χ3v) is 8.23. The Morgan fingerprint density at radius 3 is 2.51 bits per heavy atom. The first-order chi connectivity index (χ1) is 19.7. The van der Waals surface area contributed by atoms with E-state index in [0.29, 0.717) is 24.3 Å². The maximum Gasteiger partial charge on any atom is 0.410 e. The van der Waals surface area contributed by atoms with E-state index in [9.17, 15) is 9.59 Å². The van der Waals surface area contributed by atoms with Crippen molar-refractivity contribution in [3.05, 3.63) is 66.6 Å². The number of hydrogen-bond donors (Lipinski definition) is 1. The first kappa shape index (κ1) is 27.2. The number of hydrogen-bond acceptors (Lipinski definition) is 8. The van der Waals surface area contributed by atoms with Gasteiger partial charge in [0.05, 0.1) is 34.7 Å². The largest absolute Gasteiger partial charge is 0.444 e. The van der Waals surface area contributed by atoms with Crippen molar-refractivity contribution in [2.24, 2.45) is 0 Å². The highest BCUT2D eigenvalue weighted by atomic mass is 32.2. The molecule has 1 unspecified atom stereocenters. The molecule has 0 spiro atoms. The summed E-state index contributed by atoms with van der Waals surface area (Å²) in [5, 5.41) is 3.98. The number of nitrogens with zero attached hydrogens (tertiary/aromatic N) is 6. The number of carbonyl (C=O) groups excluding carboxylic acids is 2. The van der Waals surface area contributed by atoms with Crippen molar-refractivity contribution in [1.29, 1.82) is 0 Å². The van der Waals surface area contributed by atoms with Crippen LogP contribution in [-0.4, -0.2) is 85.4 Å². The van der Waals surface area contributed by atoms with Gasteiger partial charge in [-0.1, -0.05) is 42.1 Å². The highest BCUT2D eigenvalue weighted by Crippen LogP contribution is 2.37. The van der Waals surface area contributed by atoms with E-state index in [-0.39, 0.29) is 23.7 Å². The summed E-state index contributed by atoms with van der Waals surface area (Å²) >= 11 is 1.74. The summed E-state index contributed by atoms with van der Waals surface area (Å²) in [7, 11) is 0. The number of ether oxygens (including phenoxy) is 1. The molecule has 10 nitrogen and oxygen atoms in total. The summed E-state index contributed by atoms with van der Waals surface area (Å²) < 4.78 is 7.78. The molecule has 2 aliphatic rings. The van der Waals surface area contributed by atoms with Crippen LogP contribution in [0.5, 0.6) is 0 Å². The van der Waals surface area contributed by atoms with E-state index < -0.39 is 5.60 Å². The molecule has 212 valence electrons. The van der Waals surface area contributed by atoms with E-state index in [1.165, 1.54) is 6.20 Å². The zero-order valence-electron chi connectivity index (χ0n) is 23.4. The molecule has 2 aromatic carbocycles. The first-order valence-corrected chi connectivity index (χ1v) is 14.8. The van der Waals surface area contributed by atoms with Crippen LogP contribution in [0.1, 0.15) is 37.3 Å². The van der Waals surface area contributed by atoms with E-state index in [2.05, 4.69) is 30.9 Å². The predicted octanol–water partition coefficient (Wildman–Crippen LogP) is 4.95. The summed E-state index contributed by atoms with van der Waals surface area (Å²) in [4.78, 5) is 43.5. The number of fused-ring (bicyclic) bond motifs is 2. The fraction of sp³-hybridized carbons (Fsp3) is 0.367. The van der Waals surface area contributed by atoms with Gasteiger partial charge < -0.3 is 19.5 Å². The topological polar surface area (TPSA) is 105 Å². The minimum absolute atomic E-state index is 0.242. The van der Waals surface area contributed by atoms with Gasteiger partial charge in [0.25, 0.3) is 5.91 Å². The number of piperazine rings is 1. The lowest BCUT2D eigenvalue weighted by Crippen LogP contribution is -2.51. The van der Waals surface area contributed by atoms with E-state index in [1.54, 1.807) is 16.7 Å². The number of anilines is 1. The third kappa shape index (κ3) is 6.06. The standard InChI is InChI=1S/C30H33N7O3S/c1-30(2,3)40-29(39)36-14-12-35(13-15-36)17-20-19-41-28-34-26(18-37(20)28)21-8-4-5-9-22(21)33-27(38)25-16-31-23-10-6-7-11-24(23)32-25/h4-11,16,18,20H,12-15,17,19H2,1-3H3,(H,33,38). The lowest BCUT2D eigenvalue weighted by atomic mass is 10.1. The number of aromatic nitrogens is 4. The summed E-state index contributed by atoms with van der Waals surface area (Å²) in [6.07, 6.45) is 3.34. The number of nitrogens with one attached hydrogen (secondary N) is 1. The highest BCUT2D eigenvalue weighted by Gasteiger charge is 2.31. The molecule has 2 aliphatic heterocycles. The second-order valence-corrected chi connectivity index (χ2v) is 12.3. The first-order valence-electron chi connectivity index (χ1n) is 13.8. The van der Waals surface area contributed by atoms with Crippen molar-refractivity contribution in [2.75, 3.05) is 43.8 Å². The van der Waals surface area contributed by atoms with Gasteiger partial charge in [0.15, 0.2) is 5.16 Å². The van der Waals surface area contributed by atoms with Gasteiger partial charge in [-0.2, -0.15) is 0 Å². The molecule has 0 saturated carbocycles. The Morgan fingerprint density at radius 2 is 1.73 bits per heavy atom. The third-order valence-electron chi connectivity index (χ3n) is 7.12. The Labute approximate surface area is 243 Å². The Kier molecular flexibility index (Phi) is 7.39. The summed E-state index contributed by atoms with van der Waals surface area (Å²) in [5.41, 5.74) is 3.52. The van der Waals surface area contributed by atoms with Crippen LogP contribution in [0.25, 0.3) is 22.3 Å². The molecule has 1 saturated heterocycles. The predicted molar refractivity (Wildman–Crippen MR) is 159 cm³/mol. The molecule has 41 heavy (non-hydrogen) atoms. The average molecular weight is 572 g/mol. The monoisotopic (exact) mass is 571 g/mol. The Morgan fingerprint density at radius 1 is 1.00 bits per heavy atom. The van der Waals surface area contributed by atoms with Gasteiger partial charge >= 0.3 is 6.09 Å². The van der Waals surface area contributed by atoms with E-state index in [4.69, 9.17) is 9.72 Å². The van der Waals surface area contributed by atoms with Gasteiger partial charge in [-0.15, -0.1) is 0 Å². The van der Waals surface area contributed by atoms with Crippen molar-refractivity contribution in [3.8, 4) is 11.3 Å². The van der Waals surface area contributed by atoms with Crippen LogP contribution in [0.2, 0.25) is 0 Å². The molecule has 11 heteroatoms. The zero-order valence-corrected chi connectivity index (χ0v) is 24.2. The second kappa shape index (κ2) is 11.1. The normalized spacial score (nSPS) is 17.4. The molecule has 0 bridgehead atoms. The number of para-hydroxylation sites is 3. The van der Waals surface area contributed by atoms with Gasteiger partial charge in [0.1, 0.15) is 11.3 Å². The van der Waals surface area contributed by atoms with Gasteiger partial charge in [0.2, 0.25) is 0 Å². The molecule has 4 heterocycles. The van der Waals surface area contributed by atoms with Crippen LogP contribution < -0.4 is 5.32 Å². The van der Waals surface area contributed by atoms with Gasteiger partial charge in [-0.05, 0) is 39.0 Å². The van der Waals surface area contributed by atoms with Crippen LogP contribution in [0.3, 0.4) is 0 Å². The van der Waals surface area contributed by atoms with E-state index in [1.807, 2.05) is 69.3 Å². The fourth-order valence-electron chi connectivity index (χ4n) is 5.07. The van der Waals surface area contributed by atoms with Crippen molar-refractivity contribution < 1.29 is 14.3 Å². The summed E-state index contributed by atoms with van der Waals surface area (Å²) in [6, 6.07) is 15.4. The van der Waals surface area contributed by atoms with E-state index in [0.717, 1.165) is 47.3 Å². The number of rotatable bonds is 5. The quantitative estimate of drug-likeness (QED) is 0.359. The lowest BCUT2D eigenvalue weighted by Gasteiger charge is -2.36. The molecule has 1 N–H and O–H groups in total. The minimum Gasteiger partial charge on any atom is -0.444 e. The van der Waals surface area contributed by atoms with Crippen molar-refractivity contribution >= 4 is 40.5 Å². The van der Waals surface area contributed by atoms with Gasteiger partial charge in [-0.25, -0.2) is 14.8 Å². The summed E-state index contributed by atoms with van der Waals surface area (Å²) in [5.74, 6) is 0.633. The smallest absolute Gasteiger partial charge is 0.410 e. The van der Waals surface area contributed by atoms with Gasteiger partial charge in [0, 0.05) is 50.2 Å². The van der Waals surface area contributed by atoms with Gasteiger partial charge in [-0.3, -0.25) is 14.7 Å². The number of carbonyl (C=O) groups is 2. The molecule has 6 rings (SSSR count).